The van der Waals surface area contributed by atoms with Crippen LogP contribution in [0.4, 0.5) is 18.9 Å². The summed E-state index contributed by atoms with van der Waals surface area (Å²) < 4.78 is 42.3. The maximum atomic E-state index is 13.6. The number of benzene rings is 1. The molecule has 1 N–H and O–H groups in total. The van der Waals surface area contributed by atoms with Crippen molar-refractivity contribution >= 4 is 27.9 Å². The standard InChI is InChI=1S/C18H18F3N3S/c19-18(20,21)17-10-14-15(23-7-5-22-6-8-23)2-1-3-16(14)24(17)11-13-4-9-25-12-13/h1-4,9-10,12,22H,5-8,11H2. The van der Waals surface area contributed by atoms with Crippen molar-refractivity contribution in [3.8, 4) is 0 Å². The monoisotopic (exact) mass is 365 g/mol. The van der Waals surface area contributed by atoms with Gasteiger partial charge in [-0.1, -0.05) is 6.07 Å². The fourth-order valence-corrected chi connectivity index (χ4v) is 4.08. The molecule has 0 atom stereocenters. The summed E-state index contributed by atoms with van der Waals surface area (Å²) in [5.41, 5.74) is 1.82. The first kappa shape index (κ1) is 16.5. The quantitative estimate of drug-likeness (QED) is 0.751. The van der Waals surface area contributed by atoms with Gasteiger partial charge in [-0.3, -0.25) is 0 Å². The van der Waals surface area contributed by atoms with E-state index in [1.165, 1.54) is 22.0 Å². The van der Waals surface area contributed by atoms with E-state index in [0.717, 1.165) is 37.4 Å². The van der Waals surface area contributed by atoms with E-state index in [2.05, 4.69) is 10.2 Å². The molecule has 132 valence electrons. The van der Waals surface area contributed by atoms with Crippen molar-refractivity contribution in [2.45, 2.75) is 12.7 Å². The molecule has 7 heteroatoms. The van der Waals surface area contributed by atoms with E-state index >= 15 is 0 Å². The van der Waals surface area contributed by atoms with Crippen molar-refractivity contribution in [2.24, 2.45) is 0 Å². The summed E-state index contributed by atoms with van der Waals surface area (Å²) in [5.74, 6) is 0. The maximum Gasteiger partial charge on any atom is 0.431 e. The number of nitrogens with one attached hydrogen (secondary N) is 1. The zero-order valence-corrected chi connectivity index (χ0v) is 14.3. The third kappa shape index (κ3) is 3.14. The molecule has 1 saturated heterocycles. The number of aromatic nitrogens is 1. The van der Waals surface area contributed by atoms with Crippen LogP contribution in [0.15, 0.2) is 41.1 Å². The van der Waals surface area contributed by atoms with Crippen LogP contribution in [0.2, 0.25) is 0 Å². The minimum absolute atomic E-state index is 0.229. The second kappa shape index (κ2) is 6.38. The van der Waals surface area contributed by atoms with E-state index in [1.54, 1.807) is 6.07 Å². The molecular formula is C18H18F3N3S. The average molecular weight is 365 g/mol. The van der Waals surface area contributed by atoms with Gasteiger partial charge in [-0.2, -0.15) is 24.5 Å². The Bertz CT molecular complexity index is 862. The van der Waals surface area contributed by atoms with Crippen LogP contribution in [0, 0.1) is 0 Å². The molecule has 1 aromatic carbocycles. The number of thiophene rings is 1. The second-order valence-electron chi connectivity index (χ2n) is 6.19. The maximum absolute atomic E-state index is 13.6. The van der Waals surface area contributed by atoms with Gasteiger partial charge in [-0.05, 0) is 40.6 Å². The van der Waals surface area contributed by atoms with Gasteiger partial charge < -0.3 is 14.8 Å². The fraction of sp³-hybridized carbons (Fsp3) is 0.333. The van der Waals surface area contributed by atoms with Gasteiger partial charge in [0, 0.05) is 43.8 Å². The number of hydrogen-bond acceptors (Lipinski definition) is 3. The molecule has 2 aromatic heterocycles. The van der Waals surface area contributed by atoms with Crippen molar-refractivity contribution in [1.82, 2.24) is 9.88 Å². The van der Waals surface area contributed by atoms with Gasteiger partial charge >= 0.3 is 6.18 Å². The minimum atomic E-state index is -4.38. The molecule has 3 aromatic rings. The third-order valence-corrected chi connectivity index (χ3v) is 5.32. The fourth-order valence-electron chi connectivity index (χ4n) is 3.42. The molecule has 0 radical (unpaired) electrons. The van der Waals surface area contributed by atoms with Crippen molar-refractivity contribution in [3.63, 3.8) is 0 Å². The van der Waals surface area contributed by atoms with Crippen LogP contribution >= 0.6 is 11.3 Å². The number of alkyl halides is 3. The van der Waals surface area contributed by atoms with Crippen molar-refractivity contribution in [2.75, 3.05) is 31.1 Å². The Morgan fingerprint density at radius 2 is 1.92 bits per heavy atom. The molecule has 0 amide bonds. The molecule has 25 heavy (non-hydrogen) atoms. The number of halogens is 3. The second-order valence-corrected chi connectivity index (χ2v) is 6.97. The Morgan fingerprint density at radius 1 is 1.12 bits per heavy atom. The molecule has 3 nitrogen and oxygen atoms in total. The highest BCUT2D eigenvalue weighted by Gasteiger charge is 2.36. The molecular weight excluding hydrogens is 347 g/mol. The molecule has 0 saturated carbocycles. The highest BCUT2D eigenvalue weighted by molar-refractivity contribution is 7.07. The van der Waals surface area contributed by atoms with Gasteiger partial charge in [0.05, 0.1) is 5.52 Å². The van der Waals surface area contributed by atoms with E-state index in [1.807, 2.05) is 29.0 Å². The molecule has 0 aliphatic carbocycles. The van der Waals surface area contributed by atoms with Gasteiger partial charge in [-0.15, -0.1) is 0 Å². The lowest BCUT2D eigenvalue weighted by atomic mass is 10.1. The Balaban J connectivity index is 1.86. The summed E-state index contributed by atoms with van der Waals surface area (Å²) in [6.07, 6.45) is -4.38. The molecule has 3 heterocycles. The van der Waals surface area contributed by atoms with E-state index in [0.29, 0.717) is 10.9 Å². The number of piperazine rings is 1. The molecule has 0 spiro atoms. The highest BCUT2D eigenvalue weighted by atomic mass is 32.1. The number of nitrogens with zero attached hydrogens (tertiary/aromatic N) is 2. The Morgan fingerprint density at radius 3 is 2.60 bits per heavy atom. The smallest absolute Gasteiger partial charge is 0.368 e. The van der Waals surface area contributed by atoms with E-state index in [4.69, 9.17) is 0 Å². The predicted molar refractivity (Wildman–Crippen MR) is 95.4 cm³/mol. The van der Waals surface area contributed by atoms with Crippen LogP contribution in [0.3, 0.4) is 0 Å². The molecule has 0 bridgehead atoms. The van der Waals surface area contributed by atoms with Crippen LogP contribution in [0.5, 0.6) is 0 Å². The van der Waals surface area contributed by atoms with Crippen LogP contribution in [0.1, 0.15) is 11.3 Å². The zero-order valence-electron chi connectivity index (χ0n) is 13.5. The first-order valence-electron chi connectivity index (χ1n) is 8.20. The van der Waals surface area contributed by atoms with Crippen LogP contribution in [-0.4, -0.2) is 30.7 Å². The topological polar surface area (TPSA) is 20.2 Å². The Hall–Kier alpha value is -1.99. The van der Waals surface area contributed by atoms with E-state index in [-0.39, 0.29) is 6.54 Å². The van der Waals surface area contributed by atoms with Crippen molar-refractivity contribution < 1.29 is 13.2 Å². The van der Waals surface area contributed by atoms with E-state index < -0.39 is 11.9 Å². The lowest BCUT2D eigenvalue weighted by Crippen LogP contribution is -2.43. The average Bonchev–Trinajstić information content (AvgIpc) is 3.23. The van der Waals surface area contributed by atoms with Crippen LogP contribution < -0.4 is 10.2 Å². The van der Waals surface area contributed by atoms with Gasteiger partial charge in [0.2, 0.25) is 0 Å². The van der Waals surface area contributed by atoms with E-state index in [9.17, 15) is 13.2 Å². The Labute approximate surface area is 147 Å². The lowest BCUT2D eigenvalue weighted by Gasteiger charge is -2.30. The zero-order chi connectivity index (χ0) is 17.4. The molecule has 1 aliphatic rings. The summed E-state index contributed by atoms with van der Waals surface area (Å²) in [6, 6.07) is 8.73. The summed E-state index contributed by atoms with van der Waals surface area (Å²) in [7, 11) is 0. The summed E-state index contributed by atoms with van der Waals surface area (Å²) in [6.45, 7) is 3.52. The number of hydrogen-bond donors (Lipinski definition) is 1. The van der Waals surface area contributed by atoms with Crippen molar-refractivity contribution in [1.29, 1.82) is 0 Å². The summed E-state index contributed by atoms with van der Waals surface area (Å²) in [5, 5.41) is 7.73. The largest absolute Gasteiger partial charge is 0.431 e. The van der Waals surface area contributed by atoms with Gasteiger partial charge in [-0.25, -0.2) is 0 Å². The molecule has 0 unspecified atom stereocenters. The molecule has 1 aliphatic heterocycles. The number of rotatable bonds is 3. The minimum Gasteiger partial charge on any atom is -0.368 e. The normalized spacial score (nSPS) is 15.9. The third-order valence-electron chi connectivity index (χ3n) is 4.59. The highest BCUT2D eigenvalue weighted by Crippen LogP contribution is 2.38. The summed E-state index contributed by atoms with van der Waals surface area (Å²) >= 11 is 1.50. The SMILES string of the molecule is FC(F)(F)c1cc2c(N3CCNCC3)cccc2n1Cc1ccsc1. The van der Waals surface area contributed by atoms with Gasteiger partial charge in [0.25, 0.3) is 0 Å². The van der Waals surface area contributed by atoms with Crippen LogP contribution in [-0.2, 0) is 12.7 Å². The predicted octanol–water partition coefficient (Wildman–Crippen LogP) is 4.18. The van der Waals surface area contributed by atoms with Crippen LogP contribution in [0.25, 0.3) is 10.9 Å². The number of anilines is 1. The molecule has 1 fully saturated rings. The first-order valence-corrected chi connectivity index (χ1v) is 9.14. The lowest BCUT2D eigenvalue weighted by molar-refractivity contribution is -0.143. The first-order chi connectivity index (χ1) is 12.0. The van der Waals surface area contributed by atoms with Gasteiger partial charge in [0.15, 0.2) is 0 Å². The number of fused-ring (bicyclic) bond motifs is 1. The summed E-state index contributed by atoms with van der Waals surface area (Å²) in [4.78, 5) is 2.16. The Kier molecular flexibility index (Phi) is 4.21. The molecule has 4 rings (SSSR count). The van der Waals surface area contributed by atoms with Crippen molar-refractivity contribution in [3.05, 3.63) is 52.3 Å². The van der Waals surface area contributed by atoms with Gasteiger partial charge in [0.1, 0.15) is 5.69 Å².